The fourth-order valence-electron chi connectivity index (χ4n) is 3.24. The summed E-state index contributed by atoms with van der Waals surface area (Å²) in [7, 11) is 0. The smallest absolute Gasteiger partial charge is 0.0517 e. The van der Waals surface area contributed by atoms with Crippen LogP contribution in [0.1, 0.15) is 75.3 Å². The van der Waals surface area contributed by atoms with Crippen molar-refractivity contribution in [3.05, 3.63) is 34.3 Å². The van der Waals surface area contributed by atoms with E-state index in [0.717, 1.165) is 11.4 Å². The molecule has 1 aliphatic rings. The maximum Gasteiger partial charge on any atom is 0.0517 e. The first kappa shape index (κ1) is 14.9. The molecule has 19 heavy (non-hydrogen) atoms. The van der Waals surface area contributed by atoms with Gasteiger partial charge >= 0.3 is 0 Å². The van der Waals surface area contributed by atoms with E-state index in [0.29, 0.717) is 11.8 Å². The van der Waals surface area contributed by atoms with Gasteiger partial charge in [0, 0.05) is 5.02 Å². The van der Waals surface area contributed by atoms with Crippen molar-refractivity contribution >= 4 is 11.6 Å². The fourth-order valence-corrected chi connectivity index (χ4v) is 3.59. The molecule has 106 valence electrons. The Balaban J connectivity index is 2.12. The first-order valence-electron chi connectivity index (χ1n) is 7.55. The standard InChI is InChI=1S/C17H25ClO/c1-12(10-13(2)19)15-8-9-16(17(18)11-15)14-6-4-3-5-7-14/h8-9,11-14,19H,3-7,10H2,1-2H3. The van der Waals surface area contributed by atoms with Gasteiger partial charge < -0.3 is 5.11 Å². The number of aliphatic hydroxyl groups excluding tert-OH is 1. The zero-order valence-corrected chi connectivity index (χ0v) is 12.8. The Bertz CT molecular complexity index is 408. The van der Waals surface area contributed by atoms with E-state index in [2.05, 4.69) is 25.1 Å². The second-order valence-corrected chi connectivity index (χ2v) is 6.51. The molecule has 1 fully saturated rings. The van der Waals surface area contributed by atoms with Crippen molar-refractivity contribution in [2.24, 2.45) is 0 Å². The lowest BCUT2D eigenvalue weighted by atomic mass is 9.83. The van der Waals surface area contributed by atoms with E-state index in [9.17, 15) is 5.11 Å². The van der Waals surface area contributed by atoms with Gasteiger partial charge in [-0.1, -0.05) is 49.9 Å². The summed E-state index contributed by atoms with van der Waals surface area (Å²) in [5.74, 6) is 1.01. The van der Waals surface area contributed by atoms with Crippen molar-refractivity contribution in [2.45, 2.75) is 70.3 Å². The fraction of sp³-hybridized carbons (Fsp3) is 0.647. The summed E-state index contributed by atoms with van der Waals surface area (Å²) in [6.45, 7) is 3.99. The summed E-state index contributed by atoms with van der Waals surface area (Å²) in [4.78, 5) is 0. The number of hydrogen-bond acceptors (Lipinski definition) is 1. The largest absolute Gasteiger partial charge is 0.393 e. The van der Waals surface area contributed by atoms with Crippen molar-refractivity contribution in [3.8, 4) is 0 Å². The summed E-state index contributed by atoms with van der Waals surface area (Å²) in [6, 6.07) is 6.52. The molecular formula is C17H25ClO. The lowest BCUT2D eigenvalue weighted by Gasteiger charge is -2.24. The number of hydrogen-bond donors (Lipinski definition) is 1. The molecule has 1 saturated carbocycles. The van der Waals surface area contributed by atoms with E-state index in [-0.39, 0.29) is 6.10 Å². The van der Waals surface area contributed by atoms with Crippen molar-refractivity contribution in [1.29, 1.82) is 0 Å². The SMILES string of the molecule is CC(O)CC(C)c1ccc(C2CCCCC2)c(Cl)c1. The van der Waals surface area contributed by atoms with Gasteiger partial charge in [0.05, 0.1) is 6.10 Å². The molecule has 1 aromatic carbocycles. The number of rotatable bonds is 4. The van der Waals surface area contributed by atoms with Crippen LogP contribution in [0.25, 0.3) is 0 Å². The van der Waals surface area contributed by atoms with Gasteiger partial charge in [0.1, 0.15) is 0 Å². The monoisotopic (exact) mass is 280 g/mol. The second-order valence-electron chi connectivity index (χ2n) is 6.10. The Kier molecular flexibility index (Phi) is 5.29. The Morgan fingerprint density at radius 3 is 2.47 bits per heavy atom. The summed E-state index contributed by atoms with van der Waals surface area (Å²) < 4.78 is 0. The van der Waals surface area contributed by atoms with E-state index in [4.69, 9.17) is 11.6 Å². The lowest BCUT2D eigenvalue weighted by Crippen LogP contribution is -2.08. The van der Waals surface area contributed by atoms with E-state index in [1.54, 1.807) is 0 Å². The highest BCUT2D eigenvalue weighted by Gasteiger charge is 2.19. The van der Waals surface area contributed by atoms with Gasteiger partial charge in [0.2, 0.25) is 0 Å². The van der Waals surface area contributed by atoms with E-state index < -0.39 is 0 Å². The maximum absolute atomic E-state index is 9.48. The molecule has 1 aromatic rings. The van der Waals surface area contributed by atoms with E-state index in [1.807, 2.05) is 6.92 Å². The highest BCUT2D eigenvalue weighted by Crippen LogP contribution is 2.37. The summed E-state index contributed by atoms with van der Waals surface area (Å²) in [5.41, 5.74) is 2.57. The molecule has 1 N–H and O–H groups in total. The number of aliphatic hydroxyl groups is 1. The molecule has 2 unspecified atom stereocenters. The Morgan fingerprint density at radius 1 is 1.21 bits per heavy atom. The van der Waals surface area contributed by atoms with Crippen LogP contribution in [0.2, 0.25) is 5.02 Å². The minimum Gasteiger partial charge on any atom is -0.393 e. The van der Waals surface area contributed by atoms with Crippen LogP contribution >= 0.6 is 11.6 Å². The topological polar surface area (TPSA) is 20.2 Å². The lowest BCUT2D eigenvalue weighted by molar-refractivity contribution is 0.176. The minimum absolute atomic E-state index is 0.258. The van der Waals surface area contributed by atoms with E-state index in [1.165, 1.54) is 43.2 Å². The Morgan fingerprint density at radius 2 is 1.89 bits per heavy atom. The highest BCUT2D eigenvalue weighted by atomic mass is 35.5. The van der Waals surface area contributed by atoms with Crippen LogP contribution in [-0.2, 0) is 0 Å². The molecule has 2 atom stereocenters. The van der Waals surface area contributed by atoms with Crippen LogP contribution in [0.4, 0.5) is 0 Å². The third kappa shape index (κ3) is 3.97. The summed E-state index contributed by atoms with van der Waals surface area (Å²) in [5, 5.41) is 10.4. The normalized spacial score (nSPS) is 20.2. The zero-order chi connectivity index (χ0) is 13.8. The van der Waals surface area contributed by atoms with Gasteiger partial charge in [-0.3, -0.25) is 0 Å². The third-order valence-electron chi connectivity index (χ3n) is 4.33. The van der Waals surface area contributed by atoms with Crippen LogP contribution in [0.15, 0.2) is 18.2 Å². The number of halogens is 1. The average molecular weight is 281 g/mol. The molecule has 0 heterocycles. The molecule has 0 amide bonds. The first-order chi connectivity index (χ1) is 9.08. The van der Waals surface area contributed by atoms with Crippen LogP contribution in [0.3, 0.4) is 0 Å². The van der Waals surface area contributed by atoms with Crippen molar-refractivity contribution in [1.82, 2.24) is 0 Å². The van der Waals surface area contributed by atoms with Gasteiger partial charge in [0.15, 0.2) is 0 Å². The maximum atomic E-state index is 9.48. The zero-order valence-electron chi connectivity index (χ0n) is 12.0. The first-order valence-corrected chi connectivity index (χ1v) is 7.93. The predicted molar refractivity (Wildman–Crippen MR) is 82.0 cm³/mol. The van der Waals surface area contributed by atoms with Crippen LogP contribution < -0.4 is 0 Å². The van der Waals surface area contributed by atoms with E-state index >= 15 is 0 Å². The average Bonchev–Trinajstić information content (AvgIpc) is 2.38. The molecule has 0 saturated heterocycles. The third-order valence-corrected chi connectivity index (χ3v) is 4.66. The molecule has 1 nitrogen and oxygen atoms in total. The highest BCUT2D eigenvalue weighted by molar-refractivity contribution is 6.31. The van der Waals surface area contributed by atoms with Crippen molar-refractivity contribution in [2.75, 3.05) is 0 Å². The van der Waals surface area contributed by atoms with Gasteiger partial charge in [-0.05, 0) is 55.2 Å². The molecular weight excluding hydrogens is 256 g/mol. The summed E-state index contributed by atoms with van der Waals surface area (Å²) in [6.07, 6.45) is 7.13. The minimum atomic E-state index is -0.258. The van der Waals surface area contributed by atoms with Gasteiger partial charge in [-0.25, -0.2) is 0 Å². The second kappa shape index (κ2) is 6.76. The molecule has 2 heteroatoms. The molecule has 0 spiro atoms. The van der Waals surface area contributed by atoms with Crippen molar-refractivity contribution < 1.29 is 5.11 Å². The van der Waals surface area contributed by atoms with Crippen LogP contribution in [0, 0.1) is 0 Å². The van der Waals surface area contributed by atoms with Crippen LogP contribution in [0.5, 0.6) is 0 Å². The molecule has 0 radical (unpaired) electrons. The molecule has 0 aromatic heterocycles. The predicted octanol–water partition coefficient (Wildman–Crippen LogP) is 5.26. The molecule has 1 aliphatic carbocycles. The van der Waals surface area contributed by atoms with Gasteiger partial charge in [-0.2, -0.15) is 0 Å². The molecule has 2 rings (SSSR count). The quantitative estimate of drug-likeness (QED) is 0.797. The Hall–Kier alpha value is -0.530. The Labute approximate surface area is 122 Å². The molecule has 0 aliphatic heterocycles. The van der Waals surface area contributed by atoms with Crippen molar-refractivity contribution in [3.63, 3.8) is 0 Å². The van der Waals surface area contributed by atoms with Gasteiger partial charge in [0.25, 0.3) is 0 Å². The summed E-state index contributed by atoms with van der Waals surface area (Å²) >= 11 is 6.48. The van der Waals surface area contributed by atoms with Gasteiger partial charge in [-0.15, -0.1) is 0 Å². The molecule has 0 bridgehead atoms. The number of benzene rings is 1. The van der Waals surface area contributed by atoms with Crippen LogP contribution in [-0.4, -0.2) is 11.2 Å².